The highest BCUT2D eigenvalue weighted by molar-refractivity contribution is 6.30. The van der Waals surface area contributed by atoms with Gasteiger partial charge in [-0.15, -0.1) is 13.2 Å². The van der Waals surface area contributed by atoms with Crippen LogP contribution in [0.5, 0.6) is 5.75 Å². The molecule has 2 N–H and O–H groups in total. The van der Waals surface area contributed by atoms with Gasteiger partial charge >= 0.3 is 6.36 Å². The first-order valence-corrected chi connectivity index (χ1v) is 6.57. The number of hydrogen-bond donors (Lipinski definition) is 1. The predicted molar refractivity (Wildman–Crippen MR) is 75.2 cm³/mol. The third-order valence-electron chi connectivity index (χ3n) is 2.91. The van der Waals surface area contributed by atoms with Crippen LogP contribution in [0.25, 0.3) is 0 Å². The van der Waals surface area contributed by atoms with Gasteiger partial charge in [-0.05, 0) is 30.2 Å². The van der Waals surface area contributed by atoms with Crippen LogP contribution in [-0.2, 0) is 6.42 Å². The van der Waals surface area contributed by atoms with Gasteiger partial charge in [0.05, 0.1) is 0 Å². The molecule has 0 aliphatic rings. The molecule has 6 heteroatoms. The first kappa shape index (κ1) is 15.7. The van der Waals surface area contributed by atoms with Gasteiger partial charge in [-0.1, -0.05) is 41.9 Å². The highest BCUT2D eigenvalue weighted by atomic mass is 35.5. The lowest BCUT2D eigenvalue weighted by molar-refractivity contribution is -0.275. The van der Waals surface area contributed by atoms with E-state index >= 15 is 0 Å². The Morgan fingerprint density at radius 3 is 2.29 bits per heavy atom. The van der Waals surface area contributed by atoms with Crippen LogP contribution in [0.15, 0.2) is 48.5 Å². The predicted octanol–water partition coefficient (Wildman–Crippen LogP) is 4.48. The first-order valence-electron chi connectivity index (χ1n) is 6.20. The summed E-state index contributed by atoms with van der Waals surface area (Å²) in [6.07, 6.45) is -4.36. The third-order valence-corrected chi connectivity index (χ3v) is 3.17. The summed E-state index contributed by atoms with van der Waals surface area (Å²) in [7, 11) is 0. The largest absolute Gasteiger partial charge is 0.573 e. The molecule has 1 unspecified atom stereocenters. The van der Waals surface area contributed by atoms with Gasteiger partial charge in [0.2, 0.25) is 0 Å². The average molecular weight is 316 g/mol. The van der Waals surface area contributed by atoms with Gasteiger partial charge in [0.25, 0.3) is 0 Å². The lowest BCUT2D eigenvalue weighted by Crippen LogP contribution is -2.21. The second-order valence-electron chi connectivity index (χ2n) is 4.52. The van der Waals surface area contributed by atoms with Crippen LogP contribution < -0.4 is 10.5 Å². The second kappa shape index (κ2) is 6.37. The lowest BCUT2D eigenvalue weighted by Gasteiger charge is -2.18. The maximum absolute atomic E-state index is 12.4. The molecule has 2 rings (SSSR count). The summed E-state index contributed by atoms with van der Waals surface area (Å²) in [5, 5.41) is 0.591. The molecule has 112 valence electrons. The van der Waals surface area contributed by atoms with E-state index in [1.807, 2.05) is 0 Å². The molecule has 0 aliphatic carbocycles. The Kier molecular flexibility index (Phi) is 4.75. The van der Waals surface area contributed by atoms with E-state index in [0.717, 1.165) is 5.56 Å². The van der Waals surface area contributed by atoms with Crippen molar-refractivity contribution in [1.82, 2.24) is 0 Å². The van der Waals surface area contributed by atoms with Crippen molar-refractivity contribution in [2.24, 2.45) is 5.73 Å². The summed E-state index contributed by atoms with van der Waals surface area (Å²) in [5.41, 5.74) is 7.20. The third kappa shape index (κ3) is 4.65. The van der Waals surface area contributed by atoms with Crippen molar-refractivity contribution in [3.8, 4) is 5.75 Å². The zero-order chi connectivity index (χ0) is 15.5. The molecule has 2 aromatic carbocycles. The van der Waals surface area contributed by atoms with Gasteiger partial charge in [0.1, 0.15) is 5.75 Å². The first-order chi connectivity index (χ1) is 9.85. The van der Waals surface area contributed by atoms with E-state index < -0.39 is 12.4 Å². The summed E-state index contributed by atoms with van der Waals surface area (Å²) >= 11 is 5.79. The van der Waals surface area contributed by atoms with Crippen LogP contribution in [-0.4, -0.2) is 6.36 Å². The number of nitrogens with two attached hydrogens (primary N) is 1. The van der Waals surface area contributed by atoms with E-state index in [1.165, 1.54) is 18.2 Å². The normalized spacial score (nSPS) is 13.0. The Morgan fingerprint density at radius 2 is 1.67 bits per heavy atom. The summed E-state index contributed by atoms with van der Waals surface area (Å²) in [5.74, 6) is -0.272. The minimum atomic E-state index is -4.74. The summed E-state index contributed by atoms with van der Waals surface area (Å²) in [4.78, 5) is 0. The number of benzene rings is 2. The van der Waals surface area contributed by atoms with Crippen LogP contribution in [0, 0.1) is 0 Å². The van der Waals surface area contributed by atoms with Gasteiger partial charge in [-0.2, -0.15) is 0 Å². The molecule has 0 saturated heterocycles. The number of rotatable bonds is 4. The molecule has 2 aromatic rings. The van der Waals surface area contributed by atoms with E-state index in [-0.39, 0.29) is 5.75 Å². The Hall–Kier alpha value is -1.72. The number of halogens is 4. The molecule has 0 saturated carbocycles. The van der Waals surface area contributed by atoms with Crippen molar-refractivity contribution < 1.29 is 17.9 Å². The molecule has 0 bridgehead atoms. The minimum absolute atomic E-state index is 0.272. The number of alkyl halides is 3. The molecule has 0 fully saturated rings. The highest BCUT2D eigenvalue weighted by Gasteiger charge is 2.32. The molecule has 0 amide bonds. The van der Waals surface area contributed by atoms with Crippen molar-refractivity contribution >= 4 is 11.6 Å². The zero-order valence-corrected chi connectivity index (χ0v) is 11.7. The van der Waals surface area contributed by atoms with Gasteiger partial charge in [0.15, 0.2) is 0 Å². The van der Waals surface area contributed by atoms with E-state index in [1.54, 1.807) is 30.3 Å². The van der Waals surface area contributed by atoms with Gasteiger partial charge in [-0.3, -0.25) is 0 Å². The van der Waals surface area contributed by atoms with E-state index in [9.17, 15) is 13.2 Å². The monoisotopic (exact) mass is 315 g/mol. The average Bonchev–Trinajstić information content (AvgIpc) is 2.40. The van der Waals surface area contributed by atoms with Crippen molar-refractivity contribution in [2.45, 2.75) is 18.8 Å². The maximum atomic E-state index is 12.4. The molecule has 2 nitrogen and oxygen atoms in total. The minimum Gasteiger partial charge on any atom is -0.405 e. The molecule has 21 heavy (non-hydrogen) atoms. The molecular formula is C15H13ClF3NO. The van der Waals surface area contributed by atoms with Gasteiger partial charge in [0, 0.05) is 16.6 Å². The number of hydrogen-bond acceptors (Lipinski definition) is 2. The molecule has 0 heterocycles. The topological polar surface area (TPSA) is 35.2 Å². The standard InChI is InChI=1S/C15H13ClF3NO/c16-11-7-5-10(6-8-11)9-13(20)12-3-1-2-4-14(12)21-15(17,18)19/h1-8,13H,9,20H2. The van der Waals surface area contributed by atoms with E-state index in [2.05, 4.69) is 4.74 Å². The Balaban J connectivity index is 2.18. The summed E-state index contributed by atoms with van der Waals surface area (Å²) in [6.45, 7) is 0. The second-order valence-corrected chi connectivity index (χ2v) is 4.96. The van der Waals surface area contributed by atoms with Crippen LogP contribution in [0.3, 0.4) is 0 Å². The highest BCUT2D eigenvalue weighted by Crippen LogP contribution is 2.30. The van der Waals surface area contributed by atoms with Crippen LogP contribution in [0.1, 0.15) is 17.2 Å². The lowest BCUT2D eigenvalue weighted by atomic mass is 9.99. The summed E-state index contributed by atoms with van der Waals surface area (Å²) in [6, 6.07) is 12.3. The molecule has 0 aromatic heterocycles. The van der Waals surface area contributed by atoms with Crippen LogP contribution in [0.2, 0.25) is 5.02 Å². The summed E-state index contributed by atoms with van der Waals surface area (Å²) < 4.78 is 41.1. The molecule has 0 aliphatic heterocycles. The Labute approximate surface area is 125 Å². The van der Waals surface area contributed by atoms with E-state index in [0.29, 0.717) is 17.0 Å². The quantitative estimate of drug-likeness (QED) is 0.902. The van der Waals surface area contributed by atoms with Crippen molar-refractivity contribution in [3.05, 3.63) is 64.7 Å². The van der Waals surface area contributed by atoms with Gasteiger partial charge in [-0.25, -0.2) is 0 Å². The fourth-order valence-electron chi connectivity index (χ4n) is 1.99. The van der Waals surface area contributed by atoms with Crippen molar-refractivity contribution in [3.63, 3.8) is 0 Å². The zero-order valence-electron chi connectivity index (χ0n) is 10.9. The van der Waals surface area contributed by atoms with E-state index in [4.69, 9.17) is 17.3 Å². The van der Waals surface area contributed by atoms with Crippen molar-refractivity contribution in [2.75, 3.05) is 0 Å². The molecule has 1 atom stereocenters. The Morgan fingerprint density at radius 1 is 1.05 bits per heavy atom. The Bertz CT molecular complexity index is 599. The van der Waals surface area contributed by atoms with Gasteiger partial charge < -0.3 is 10.5 Å². The molecule has 0 spiro atoms. The smallest absolute Gasteiger partial charge is 0.405 e. The SMILES string of the molecule is NC(Cc1ccc(Cl)cc1)c1ccccc1OC(F)(F)F. The molecule has 0 radical (unpaired) electrons. The van der Waals surface area contributed by atoms with Crippen LogP contribution >= 0.6 is 11.6 Å². The van der Waals surface area contributed by atoms with Crippen LogP contribution in [0.4, 0.5) is 13.2 Å². The number of ether oxygens (including phenoxy) is 1. The fraction of sp³-hybridized carbons (Fsp3) is 0.200. The number of para-hydroxylation sites is 1. The maximum Gasteiger partial charge on any atom is 0.573 e. The molecular weight excluding hydrogens is 303 g/mol. The fourth-order valence-corrected chi connectivity index (χ4v) is 2.11. The van der Waals surface area contributed by atoms with Crippen molar-refractivity contribution in [1.29, 1.82) is 0 Å².